The third kappa shape index (κ3) is 4.19. The van der Waals surface area contributed by atoms with Gasteiger partial charge in [-0.3, -0.25) is 14.4 Å². The Kier molecular flexibility index (Phi) is 6.49. The maximum atomic E-state index is 13.1. The minimum atomic E-state index is -3.98. The quantitative estimate of drug-likeness (QED) is 0.446. The third-order valence-electron chi connectivity index (χ3n) is 5.91. The number of rotatable bonds is 6. The number of methoxy groups -OCH3 is 1. The van der Waals surface area contributed by atoms with Crippen molar-refractivity contribution in [2.24, 2.45) is 5.92 Å². The van der Waals surface area contributed by atoms with Gasteiger partial charge >= 0.3 is 11.9 Å². The Morgan fingerprint density at radius 2 is 1.50 bits per heavy atom. The Hall–Kier alpha value is -3.57. The zero-order valence-electron chi connectivity index (χ0n) is 18.3. The fourth-order valence-electron chi connectivity index (χ4n) is 4.04. The van der Waals surface area contributed by atoms with E-state index in [-0.39, 0.29) is 47.5 Å². The smallest absolute Gasteiger partial charge is 0.339 e. The normalized spacial score (nSPS) is 16.9. The van der Waals surface area contributed by atoms with E-state index >= 15 is 0 Å². The monoisotopic (exact) mass is 486 g/mol. The van der Waals surface area contributed by atoms with Crippen molar-refractivity contribution in [2.45, 2.75) is 17.7 Å². The van der Waals surface area contributed by atoms with Crippen LogP contribution in [0.4, 0.5) is 0 Å². The van der Waals surface area contributed by atoms with Crippen LogP contribution in [0.2, 0.25) is 0 Å². The Balaban J connectivity index is 1.36. The Labute approximate surface area is 196 Å². The van der Waals surface area contributed by atoms with E-state index in [0.717, 1.165) is 4.90 Å². The highest BCUT2D eigenvalue weighted by Gasteiger charge is 2.38. The molecule has 0 saturated carbocycles. The predicted molar refractivity (Wildman–Crippen MR) is 117 cm³/mol. The molecule has 2 aromatic carbocycles. The molecule has 10 nitrogen and oxygen atoms in total. The molecule has 0 N–H and O–H groups in total. The highest BCUT2D eigenvalue weighted by molar-refractivity contribution is 7.89. The SMILES string of the molecule is COC(=O)c1ccccc1S(=O)(=O)N1CCC(C(=O)OCN2C(=O)c3ccccc3C2=O)CC1. The van der Waals surface area contributed by atoms with E-state index in [4.69, 9.17) is 4.74 Å². The number of piperidine rings is 1. The summed E-state index contributed by atoms with van der Waals surface area (Å²) in [5.41, 5.74) is 0.455. The number of carbonyl (C=O) groups excluding carboxylic acids is 4. The van der Waals surface area contributed by atoms with Gasteiger partial charge in [-0.1, -0.05) is 24.3 Å². The summed E-state index contributed by atoms with van der Waals surface area (Å²) in [7, 11) is -2.81. The number of esters is 2. The van der Waals surface area contributed by atoms with Crippen LogP contribution >= 0.6 is 0 Å². The topological polar surface area (TPSA) is 127 Å². The fraction of sp³-hybridized carbons (Fsp3) is 0.304. The minimum absolute atomic E-state index is 0.0463. The predicted octanol–water partition coefficient (Wildman–Crippen LogP) is 1.67. The van der Waals surface area contributed by atoms with Crippen LogP contribution in [0.3, 0.4) is 0 Å². The van der Waals surface area contributed by atoms with Crippen molar-refractivity contribution in [3.8, 4) is 0 Å². The van der Waals surface area contributed by atoms with Gasteiger partial charge < -0.3 is 9.47 Å². The first-order valence-electron chi connectivity index (χ1n) is 10.5. The molecule has 2 aromatic rings. The van der Waals surface area contributed by atoms with E-state index in [1.54, 1.807) is 18.2 Å². The summed E-state index contributed by atoms with van der Waals surface area (Å²) in [6.07, 6.45) is 0.390. The molecule has 4 rings (SSSR count). The molecule has 0 unspecified atom stereocenters. The summed E-state index contributed by atoms with van der Waals surface area (Å²) < 4.78 is 37.3. The number of imide groups is 1. The van der Waals surface area contributed by atoms with Gasteiger partial charge in [-0.2, -0.15) is 4.31 Å². The second-order valence-corrected chi connectivity index (χ2v) is 9.75. The summed E-state index contributed by atoms with van der Waals surface area (Å²) in [6, 6.07) is 12.1. The maximum Gasteiger partial charge on any atom is 0.339 e. The molecule has 0 aromatic heterocycles. The third-order valence-corrected chi connectivity index (χ3v) is 7.87. The Morgan fingerprint density at radius 1 is 0.941 bits per heavy atom. The molecule has 2 aliphatic heterocycles. The van der Waals surface area contributed by atoms with Crippen LogP contribution in [0.5, 0.6) is 0 Å². The summed E-state index contributed by atoms with van der Waals surface area (Å²) in [5, 5.41) is 0. The van der Waals surface area contributed by atoms with Crippen molar-refractivity contribution in [1.82, 2.24) is 9.21 Å². The van der Waals surface area contributed by atoms with Gasteiger partial charge in [0.1, 0.15) is 0 Å². The Morgan fingerprint density at radius 3 is 2.09 bits per heavy atom. The number of carbonyl (C=O) groups is 4. The first-order valence-corrected chi connectivity index (χ1v) is 12.0. The molecule has 1 saturated heterocycles. The van der Waals surface area contributed by atoms with E-state index in [1.807, 2.05) is 0 Å². The fourth-order valence-corrected chi connectivity index (χ4v) is 5.69. The molecule has 0 bridgehead atoms. The van der Waals surface area contributed by atoms with Crippen molar-refractivity contribution in [2.75, 3.05) is 26.9 Å². The van der Waals surface area contributed by atoms with Gasteiger partial charge in [0, 0.05) is 13.1 Å². The highest BCUT2D eigenvalue weighted by atomic mass is 32.2. The number of sulfonamides is 1. The molecular weight excluding hydrogens is 464 g/mol. The number of hydrogen-bond acceptors (Lipinski definition) is 8. The van der Waals surface area contributed by atoms with Crippen LogP contribution in [0, 0.1) is 5.92 Å². The average molecular weight is 487 g/mol. The second kappa shape index (κ2) is 9.35. The number of ether oxygens (including phenoxy) is 2. The van der Waals surface area contributed by atoms with Gasteiger partial charge in [0.05, 0.1) is 34.6 Å². The van der Waals surface area contributed by atoms with E-state index in [9.17, 15) is 27.6 Å². The first kappa shape index (κ1) is 23.6. The van der Waals surface area contributed by atoms with Crippen LogP contribution in [-0.4, -0.2) is 68.3 Å². The van der Waals surface area contributed by atoms with Crippen molar-refractivity contribution in [1.29, 1.82) is 0 Å². The number of amides is 2. The molecule has 34 heavy (non-hydrogen) atoms. The van der Waals surface area contributed by atoms with Crippen LogP contribution in [0.1, 0.15) is 43.9 Å². The van der Waals surface area contributed by atoms with Crippen LogP contribution < -0.4 is 0 Å². The van der Waals surface area contributed by atoms with Crippen molar-refractivity contribution < 1.29 is 37.1 Å². The van der Waals surface area contributed by atoms with Gasteiger partial charge in [0.2, 0.25) is 10.0 Å². The molecule has 178 valence electrons. The van der Waals surface area contributed by atoms with Gasteiger partial charge in [-0.15, -0.1) is 0 Å². The van der Waals surface area contributed by atoms with Gasteiger partial charge in [0.15, 0.2) is 6.73 Å². The van der Waals surface area contributed by atoms with Gasteiger partial charge in [0.25, 0.3) is 11.8 Å². The molecule has 1 fully saturated rings. The van der Waals surface area contributed by atoms with Gasteiger partial charge in [-0.05, 0) is 37.1 Å². The lowest BCUT2D eigenvalue weighted by Gasteiger charge is -2.30. The first-order chi connectivity index (χ1) is 16.3. The standard InChI is InChI=1S/C23H22N2O8S/c1-32-23(29)18-8-4-5-9-19(18)34(30,31)24-12-10-15(11-13-24)22(28)33-14-25-20(26)16-6-2-3-7-17(16)21(25)27/h2-9,15H,10-14H2,1H3. The number of benzene rings is 2. The summed E-state index contributed by atoms with van der Waals surface area (Å²) in [5.74, 6) is -3.01. The van der Waals surface area contributed by atoms with Crippen LogP contribution in [0.25, 0.3) is 0 Å². The number of nitrogens with zero attached hydrogens (tertiary/aromatic N) is 2. The van der Waals surface area contributed by atoms with E-state index < -0.39 is 46.4 Å². The van der Waals surface area contributed by atoms with E-state index in [2.05, 4.69) is 4.74 Å². The molecule has 2 aliphatic rings. The molecule has 2 heterocycles. The average Bonchev–Trinajstić information content (AvgIpc) is 3.11. The van der Waals surface area contributed by atoms with Crippen molar-refractivity contribution >= 4 is 33.8 Å². The lowest BCUT2D eigenvalue weighted by atomic mass is 9.98. The summed E-state index contributed by atoms with van der Waals surface area (Å²) >= 11 is 0. The lowest BCUT2D eigenvalue weighted by Crippen LogP contribution is -2.42. The molecule has 0 spiro atoms. The van der Waals surface area contributed by atoms with Crippen LogP contribution in [0.15, 0.2) is 53.4 Å². The van der Waals surface area contributed by atoms with Crippen molar-refractivity contribution in [3.63, 3.8) is 0 Å². The highest BCUT2D eigenvalue weighted by Crippen LogP contribution is 2.27. The molecule has 2 amide bonds. The minimum Gasteiger partial charge on any atom is -0.465 e. The number of fused-ring (bicyclic) bond motifs is 1. The van der Waals surface area contributed by atoms with E-state index in [0.29, 0.717) is 0 Å². The maximum absolute atomic E-state index is 13.1. The van der Waals surface area contributed by atoms with Crippen molar-refractivity contribution in [3.05, 3.63) is 65.2 Å². The molecular formula is C23H22N2O8S. The largest absolute Gasteiger partial charge is 0.465 e. The lowest BCUT2D eigenvalue weighted by molar-refractivity contribution is -0.152. The molecule has 0 radical (unpaired) electrons. The molecule has 0 aliphatic carbocycles. The zero-order chi connectivity index (χ0) is 24.5. The summed E-state index contributed by atoms with van der Waals surface area (Å²) in [4.78, 5) is 50.0. The Bertz CT molecular complexity index is 1230. The van der Waals surface area contributed by atoms with Gasteiger partial charge in [-0.25, -0.2) is 18.1 Å². The zero-order valence-corrected chi connectivity index (χ0v) is 19.1. The van der Waals surface area contributed by atoms with Crippen LogP contribution in [-0.2, 0) is 24.3 Å². The molecule has 0 atom stereocenters. The second-order valence-electron chi connectivity index (χ2n) is 7.84. The number of hydrogen-bond donors (Lipinski definition) is 0. The van der Waals surface area contributed by atoms with E-state index in [1.165, 1.54) is 41.7 Å². The molecule has 11 heteroatoms. The summed E-state index contributed by atoms with van der Waals surface area (Å²) in [6.45, 7) is -0.411.